The summed E-state index contributed by atoms with van der Waals surface area (Å²) in [5.74, 6) is -0.0675. The zero-order valence-corrected chi connectivity index (χ0v) is 23.7. The summed E-state index contributed by atoms with van der Waals surface area (Å²) in [5, 5.41) is 3.73. The summed E-state index contributed by atoms with van der Waals surface area (Å²) in [5.41, 5.74) is 2.15. The lowest BCUT2D eigenvalue weighted by atomic mass is 10.0. The second-order valence-electron chi connectivity index (χ2n) is 9.33. The number of esters is 1. The van der Waals surface area contributed by atoms with Gasteiger partial charge in [0, 0.05) is 32.5 Å². The van der Waals surface area contributed by atoms with E-state index in [1.165, 1.54) is 18.5 Å². The summed E-state index contributed by atoms with van der Waals surface area (Å²) in [6, 6.07) is 4.49. The van der Waals surface area contributed by atoms with E-state index in [-0.39, 0.29) is 30.6 Å². The largest absolute Gasteiger partial charge is 0.489 e. The Labute approximate surface area is 237 Å². The Bertz CT molecular complexity index is 1110. The minimum Gasteiger partial charge on any atom is -0.489 e. The fraction of sp³-hybridized carbons (Fsp3) is 0.500. The van der Waals surface area contributed by atoms with Crippen LogP contribution in [0.25, 0.3) is 0 Å². The zero-order valence-electron chi connectivity index (χ0n) is 22.2. The quantitative estimate of drug-likeness (QED) is 0.176. The minimum atomic E-state index is -3.01. The second-order valence-corrected chi connectivity index (χ2v) is 10.1. The molecule has 1 saturated carbocycles. The molecule has 3 rings (SSSR count). The van der Waals surface area contributed by atoms with Crippen molar-refractivity contribution in [1.82, 2.24) is 10.3 Å². The molecule has 0 aliphatic heterocycles. The molecule has 1 aromatic heterocycles. The molecule has 1 unspecified atom stereocenters. The van der Waals surface area contributed by atoms with Crippen LogP contribution in [0.15, 0.2) is 42.2 Å². The molecule has 2 atom stereocenters. The Kier molecular flexibility index (Phi) is 12.2. The van der Waals surface area contributed by atoms with Gasteiger partial charge in [0.05, 0.1) is 29.3 Å². The van der Waals surface area contributed by atoms with Crippen molar-refractivity contribution in [3.05, 3.63) is 63.4 Å². The number of ether oxygens (including phenoxy) is 4. The zero-order chi connectivity index (χ0) is 28.4. The van der Waals surface area contributed by atoms with E-state index in [9.17, 15) is 13.6 Å². The number of hydrogen-bond acceptors (Lipinski definition) is 7. The third-order valence-electron chi connectivity index (χ3n) is 6.26. The molecule has 11 heteroatoms. The van der Waals surface area contributed by atoms with Crippen LogP contribution in [0.3, 0.4) is 0 Å². The molecule has 0 saturated heterocycles. The minimum absolute atomic E-state index is 0.0405. The van der Waals surface area contributed by atoms with Crippen molar-refractivity contribution in [3.63, 3.8) is 0 Å². The van der Waals surface area contributed by atoms with Crippen LogP contribution in [0.5, 0.6) is 11.5 Å². The van der Waals surface area contributed by atoms with Crippen LogP contribution in [0.2, 0.25) is 10.0 Å². The van der Waals surface area contributed by atoms with Gasteiger partial charge < -0.3 is 24.3 Å². The first-order valence-electron chi connectivity index (χ1n) is 12.8. The fourth-order valence-corrected chi connectivity index (χ4v) is 4.32. The van der Waals surface area contributed by atoms with Gasteiger partial charge in [-0.25, -0.2) is 0 Å². The van der Waals surface area contributed by atoms with Crippen LogP contribution in [0.1, 0.15) is 50.3 Å². The van der Waals surface area contributed by atoms with Crippen LogP contribution in [-0.4, -0.2) is 50.5 Å². The smallest absolute Gasteiger partial charge is 0.387 e. The molecule has 2 aromatic rings. The lowest BCUT2D eigenvalue weighted by Gasteiger charge is -2.22. The lowest BCUT2D eigenvalue weighted by Crippen LogP contribution is -2.28. The molecule has 39 heavy (non-hydrogen) atoms. The van der Waals surface area contributed by atoms with Gasteiger partial charge >= 0.3 is 12.6 Å². The number of nitrogens with one attached hydrogen (secondary N) is 1. The van der Waals surface area contributed by atoms with Crippen molar-refractivity contribution >= 4 is 29.2 Å². The number of alkyl halides is 2. The molecule has 7 nitrogen and oxygen atoms in total. The number of nitrogens with zero attached hydrogens (tertiary/aromatic N) is 1. The average Bonchev–Trinajstić information content (AvgIpc) is 3.73. The van der Waals surface area contributed by atoms with Crippen molar-refractivity contribution in [1.29, 1.82) is 0 Å². The lowest BCUT2D eigenvalue weighted by molar-refractivity contribution is -0.148. The van der Waals surface area contributed by atoms with E-state index < -0.39 is 18.7 Å². The normalized spacial score (nSPS) is 15.2. The highest BCUT2D eigenvalue weighted by Crippen LogP contribution is 2.37. The van der Waals surface area contributed by atoms with Crippen molar-refractivity contribution in [2.24, 2.45) is 5.92 Å². The predicted molar refractivity (Wildman–Crippen MR) is 146 cm³/mol. The Morgan fingerprint density at radius 1 is 1.18 bits per heavy atom. The number of carbonyl (C=O) groups excluding carboxylic acids is 1. The number of pyridine rings is 1. The third-order valence-corrected chi connectivity index (χ3v) is 6.91. The van der Waals surface area contributed by atoms with Crippen LogP contribution < -0.4 is 14.8 Å². The Morgan fingerprint density at radius 3 is 2.51 bits per heavy atom. The number of benzene rings is 1. The molecule has 0 radical (unpaired) electrons. The maximum Gasteiger partial charge on any atom is 0.387 e. The topological polar surface area (TPSA) is 78.9 Å². The highest BCUT2D eigenvalue weighted by Gasteiger charge is 2.25. The van der Waals surface area contributed by atoms with Crippen molar-refractivity contribution in [2.45, 2.75) is 58.4 Å². The van der Waals surface area contributed by atoms with E-state index in [4.69, 9.17) is 37.4 Å². The van der Waals surface area contributed by atoms with Gasteiger partial charge in [-0.05, 0) is 55.4 Å². The Hall–Kier alpha value is -2.46. The molecule has 0 spiro atoms. The molecule has 0 amide bonds. The number of methoxy groups -OCH3 is 1. The number of rotatable bonds is 16. The van der Waals surface area contributed by atoms with Crippen molar-refractivity contribution in [3.8, 4) is 11.5 Å². The molecule has 1 N–H and O–H groups in total. The summed E-state index contributed by atoms with van der Waals surface area (Å²) >= 11 is 12.7. The average molecular weight is 587 g/mol. The standard InChI is InChI=1S/C28H34Cl2F2N2O5/c1-4-18(9-17(2)36-3)12-33-15-27(35)38-25(11-21-22(29)13-34-14-23(21)30)20-7-8-24(39-28(31)32)26(10-20)37-16-19-5-6-19/h7-10,13-14,17,19,25,28,33H,4-6,11-12,15-16H2,1-3H3/b18-9+/t17?,25-/m0/s1. The van der Waals surface area contributed by atoms with E-state index in [1.54, 1.807) is 19.2 Å². The number of halogens is 4. The monoisotopic (exact) mass is 586 g/mol. The van der Waals surface area contributed by atoms with E-state index in [1.807, 2.05) is 19.9 Å². The highest BCUT2D eigenvalue weighted by atomic mass is 35.5. The summed E-state index contributed by atoms with van der Waals surface area (Å²) in [6.45, 7) is 1.77. The first-order chi connectivity index (χ1) is 18.7. The predicted octanol–water partition coefficient (Wildman–Crippen LogP) is 6.57. The molecule has 0 bridgehead atoms. The van der Waals surface area contributed by atoms with Crippen molar-refractivity contribution in [2.75, 3.05) is 26.8 Å². The number of aromatic nitrogens is 1. The van der Waals surface area contributed by atoms with E-state index in [2.05, 4.69) is 15.0 Å². The fourth-order valence-electron chi connectivity index (χ4n) is 3.80. The Morgan fingerprint density at radius 2 is 1.90 bits per heavy atom. The molecule has 214 valence electrons. The van der Waals surface area contributed by atoms with Crippen LogP contribution in [0, 0.1) is 5.92 Å². The molecule has 1 heterocycles. The molecule has 1 aromatic carbocycles. The van der Waals surface area contributed by atoms with Gasteiger partial charge in [-0.1, -0.05) is 47.8 Å². The molecule has 1 fully saturated rings. The molecular formula is C28H34Cl2F2N2O5. The number of hydrogen-bond donors (Lipinski definition) is 1. The van der Waals surface area contributed by atoms with Gasteiger partial charge in [-0.2, -0.15) is 8.78 Å². The maximum atomic E-state index is 13.0. The first-order valence-corrected chi connectivity index (χ1v) is 13.6. The van der Waals surface area contributed by atoms with Crippen LogP contribution in [-0.2, 0) is 20.7 Å². The maximum absolute atomic E-state index is 13.0. The Balaban J connectivity index is 1.80. The van der Waals surface area contributed by atoms with Gasteiger partial charge in [0.1, 0.15) is 6.10 Å². The first kappa shape index (κ1) is 31.1. The van der Waals surface area contributed by atoms with Gasteiger partial charge in [-0.3, -0.25) is 9.78 Å². The van der Waals surface area contributed by atoms with Gasteiger partial charge in [0.15, 0.2) is 11.5 Å². The van der Waals surface area contributed by atoms with E-state index in [0.717, 1.165) is 24.8 Å². The molecule has 1 aliphatic rings. The third kappa shape index (κ3) is 10.2. The summed E-state index contributed by atoms with van der Waals surface area (Å²) in [6.07, 6.45) is 7.01. The summed E-state index contributed by atoms with van der Waals surface area (Å²) < 4.78 is 47.6. The molecular weight excluding hydrogens is 553 g/mol. The highest BCUT2D eigenvalue weighted by molar-refractivity contribution is 6.35. The summed E-state index contributed by atoms with van der Waals surface area (Å²) in [4.78, 5) is 16.9. The second kappa shape index (κ2) is 15.4. The van der Waals surface area contributed by atoms with Crippen LogP contribution >= 0.6 is 23.2 Å². The van der Waals surface area contributed by atoms with Gasteiger partial charge in [0.2, 0.25) is 0 Å². The SMILES string of the molecule is CC/C(=C\C(C)OC)CNCC(=O)O[C@@H](Cc1c(Cl)cncc1Cl)c1ccc(OC(F)F)c(OCC2CC2)c1. The van der Waals surface area contributed by atoms with Crippen molar-refractivity contribution < 1.29 is 32.5 Å². The van der Waals surface area contributed by atoms with Crippen LogP contribution in [0.4, 0.5) is 8.78 Å². The van der Waals surface area contributed by atoms with Gasteiger partial charge in [-0.15, -0.1) is 0 Å². The molecule has 1 aliphatic carbocycles. The van der Waals surface area contributed by atoms with E-state index in [0.29, 0.717) is 40.2 Å². The van der Waals surface area contributed by atoms with E-state index >= 15 is 0 Å². The number of carbonyl (C=O) groups is 1. The summed E-state index contributed by atoms with van der Waals surface area (Å²) in [7, 11) is 1.63. The van der Waals surface area contributed by atoms with Gasteiger partial charge in [0.25, 0.3) is 0 Å².